The van der Waals surface area contributed by atoms with Gasteiger partial charge in [-0.2, -0.15) is 0 Å². The molecule has 4 nitrogen and oxygen atoms in total. The van der Waals surface area contributed by atoms with E-state index in [0.717, 1.165) is 17.9 Å². The highest BCUT2D eigenvalue weighted by Gasteiger charge is 2.28. The zero-order valence-corrected chi connectivity index (χ0v) is 9.43. The zero-order valence-electron chi connectivity index (χ0n) is 9.43. The van der Waals surface area contributed by atoms with Crippen LogP contribution in [0.5, 0.6) is 0 Å². The molecular formula is C12H16N4. The Labute approximate surface area is 94.5 Å². The van der Waals surface area contributed by atoms with Gasteiger partial charge in [0.2, 0.25) is 0 Å². The molecule has 84 valence electrons. The molecule has 1 aliphatic rings. The first-order valence-electron chi connectivity index (χ1n) is 5.83. The molecule has 0 bridgehead atoms. The Kier molecular flexibility index (Phi) is 2.17. The topological polar surface area (TPSA) is 56.2 Å². The second-order valence-electron chi connectivity index (χ2n) is 4.78. The predicted octanol–water partition coefficient (Wildman–Crippen LogP) is 1.50. The van der Waals surface area contributed by atoms with Crippen molar-refractivity contribution >= 4 is 5.65 Å². The minimum atomic E-state index is 0.193. The Morgan fingerprint density at radius 1 is 1.44 bits per heavy atom. The van der Waals surface area contributed by atoms with Crippen LogP contribution in [0.25, 0.3) is 5.65 Å². The van der Waals surface area contributed by atoms with Gasteiger partial charge in [0.1, 0.15) is 5.82 Å². The molecule has 0 aliphatic heterocycles. The molecule has 2 aromatic rings. The van der Waals surface area contributed by atoms with Crippen LogP contribution in [0.15, 0.2) is 18.3 Å². The summed E-state index contributed by atoms with van der Waals surface area (Å²) in [5.41, 5.74) is 8.01. The van der Waals surface area contributed by atoms with E-state index in [1.165, 1.54) is 18.4 Å². The monoisotopic (exact) mass is 216 g/mol. The molecule has 2 aromatic heterocycles. The molecule has 1 aliphatic carbocycles. The highest BCUT2D eigenvalue weighted by atomic mass is 15.2. The van der Waals surface area contributed by atoms with E-state index >= 15 is 0 Å². The molecular weight excluding hydrogens is 200 g/mol. The lowest BCUT2D eigenvalue weighted by molar-refractivity contribution is 0.733. The van der Waals surface area contributed by atoms with E-state index in [-0.39, 0.29) is 6.04 Å². The summed E-state index contributed by atoms with van der Waals surface area (Å²) in [6, 6.07) is 4.30. The number of hydrogen-bond acceptors (Lipinski definition) is 3. The highest BCUT2D eigenvalue weighted by Crippen LogP contribution is 2.38. The molecule has 1 unspecified atom stereocenters. The van der Waals surface area contributed by atoms with E-state index in [9.17, 15) is 0 Å². The van der Waals surface area contributed by atoms with Gasteiger partial charge in [0.05, 0.1) is 0 Å². The third-order valence-electron chi connectivity index (χ3n) is 2.99. The van der Waals surface area contributed by atoms with Crippen molar-refractivity contribution in [1.29, 1.82) is 0 Å². The smallest absolute Gasteiger partial charge is 0.160 e. The molecule has 1 saturated carbocycles. The number of hydrogen-bond donors (Lipinski definition) is 1. The summed E-state index contributed by atoms with van der Waals surface area (Å²) in [4.78, 5) is 0. The quantitative estimate of drug-likeness (QED) is 0.845. The zero-order chi connectivity index (χ0) is 11.1. The van der Waals surface area contributed by atoms with Crippen LogP contribution in [0.4, 0.5) is 0 Å². The van der Waals surface area contributed by atoms with Crippen molar-refractivity contribution in [1.82, 2.24) is 14.6 Å². The molecule has 2 N–H and O–H groups in total. The van der Waals surface area contributed by atoms with Crippen molar-refractivity contribution < 1.29 is 0 Å². The largest absolute Gasteiger partial charge is 0.328 e. The van der Waals surface area contributed by atoms with Gasteiger partial charge in [-0.25, -0.2) is 0 Å². The van der Waals surface area contributed by atoms with Crippen LogP contribution in [0.1, 0.15) is 37.1 Å². The van der Waals surface area contributed by atoms with Gasteiger partial charge in [0.15, 0.2) is 5.65 Å². The summed E-state index contributed by atoms with van der Waals surface area (Å²) in [7, 11) is 0. The van der Waals surface area contributed by atoms with Crippen molar-refractivity contribution in [3.05, 3.63) is 29.7 Å². The Morgan fingerprint density at radius 3 is 2.94 bits per heavy atom. The Bertz CT molecular complexity index is 511. The maximum atomic E-state index is 5.81. The first-order valence-corrected chi connectivity index (χ1v) is 5.83. The van der Waals surface area contributed by atoms with E-state index in [1.807, 2.05) is 13.0 Å². The average molecular weight is 216 g/mol. The lowest BCUT2D eigenvalue weighted by Gasteiger charge is -2.06. The molecule has 4 heteroatoms. The summed E-state index contributed by atoms with van der Waals surface area (Å²) in [5.74, 6) is 1.74. The third-order valence-corrected chi connectivity index (χ3v) is 2.99. The number of fused-ring (bicyclic) bond motifs is 1. The van der Waals surface area contributed by atoms with Crippen LogP contribution < -0.4 is 5.73 Å². The van der Waals surface area contributed by atoms with Gasteiger partial charge in [-0.3, -0.25) is 4.40 Å². The second-order valence-corrected chi connectivity index (χ2v) is 4.78. The Hall–Kier alpha value is -1.42. The summed E-state index contributed by atoms with van der Waals surface area (Å²) in [6.45, 7) is 2.03. The molecule has 3 rings (SSSR count). The van der Waals surface area contributed by atoms with Crippen LogP contribution >= 0.6 is 0 Å². The van der Waals surface area contributed by atoms with Gasteiger partial charge in [0.25, 0.3) is 0 Å². The highest BCUT2D eigenvalue weighted by molar-refractivity contribution is 5.40. The molecule has 0 radical (unpaired) electrons. The van der Waals surface area contributed by atoms with Crippen molar-refractivity contribution in [3.63, 3.8) is 0 Å². The van der Waals surface area contributed by atoms with E-state index in [1.54, 1.807) is 0 Å². The van der Waals surface area contributed by atoms with Crippen LogP contribution in [-0.2, 0) is 6.42 Å². The first-order chi connectivity index (χ1) is 7.74. The molecule has 0 saturated heterocycles. The van der Waals surface area contributed by atoms with Crippen LogP contribution in [-0.4, -0.2) is 20.6 Å². The normalized spacial score (nSPS) is 17.9. The number of rotatable bonds is 3. The summed E-state index contributed by atoms with van der Waals surface area (Å²) >= 11 is 0. The number of aromatic nitrogens is 3. The van der Waals surface area contributed by atoms with Crippen LogP contribution in [0.2, 0.25) is 0 Å². The predicted molar refractivity (Wildman–Crippen MR) is 62.3 cm³/mol. The SMILES string of the molecule is CC(N)Cc1ccc2nnc(C3CC3)n2c1. The van der Waals surface area contributed by atoms with E-state index < -0.39 is 0 Å². The molecule has 0 amide bonds. The van der Waals surface area contributed by atoms with E-state index in [4.69, 9.17) is 5.73 Å². The van der Waals surface area contributed by atoms with Crippen molar-refractivity contribution in [2.45, 2.75) is 38.1 Å². The van der Waals surface area contributed by atoms with Crippen molar-refractivity contribution in [3.8, 4) is 0 Å². The minimum absolute atomic E-state index is 0.193. The Morgan fingerprint density at radius 2 is 2.25 bits per heavy atom. The molecule has 16 heavy (non-hydrogen) atoms. The molecule has 1 atom stereocenters. The molecule has 0 spiro atoms. The van der Waals surface area contributed by atoms with Crippen LogP contribution in [0, 0.1) is 0 Å². The molecule has 0 aromatic carbocycles. The average Bonchev–Trinajstić information content (AvgIpc) is 2.98. The minimum Gasteiger partial charge on any atom is -0.328 e. The standard InChI is InChI=1S/C12H16N4/c1-8(13)6-9-2-5-11-14-15-12(10-3-4-10)16(11)7-9/h2,5,7-8,10H,3-4,6,13H2,1H3. The van der Waals surface area contributed by atoms with Gasteiger partial charge in [-0.1, -0.05) is 6.07 Å². The fourth-order valence-electron chi connectivity index (χ4n) is 2.06. The van der Waals surface area contributed by atoms with Gasteiger partial charge in [-0.05, 0) is 37.8 Å². The number of nitrogens with zero attached hydrogens (tertiary/aromatic N) is 3. The molecule has 1 fully saturated rings. The molecule has 2 heterocycles. The fourth-order valence-corrected chi connectivity index (χ4v) is 2.06. The summed E-state index contributed by atoms with van der Waals surface area (Å²) in [6.07, 6.45) is 5.53. The fraction of sp³-hybridized carbons (Fsp3) is 0.500. The summed E-state index contributed by atoms with van der Waals surface area (Å²) in [5, 5.41) is 8.44. The lowest BCUT2D eigenvalue weighted by atomic mass is 10.1. The van der Waals surface area contributed by atoms with E-state index in [0.29, 0.717) is 5.92 Å². The Balaban J connectivity index is 2.03. The van der Waals surface area contributed by atoms with Crippen LogP contribution in [0.3, 0.4) is 0 Å². The third kappa shape index (κ3) is 1.69. The van der Waals surface area contributed by atoms with Gasteiger partial charge in [-0.15, -0.1) is 10.2 Å². The maximum Gasteiger partial charge on any atom is 0.160 e. The summed E-state index contributed by atoms with van der Waals surface area (Å²) < 4.78 is 2.12. The van der Waals surface area contributed by atoms with Crippen molar-refractivity contribution in [2.24, 2.45) is 5.73 Å². The van der Waals surface area contributed by atoms with Gasteiger partial charge in [0, 0.05) is 18.2 Å². The number of nitrogens with two attached hydrogens (primary N) is 1. The lowest BCUT2D eigenvalue weighted by Crippen LogP contribution is -2.18. The van der Waals surface area contributed by atoms with Gasteiger partial charge < -0.3 is 5.73 Å². The second kappa shape index (κ2) is 3.56. The van der Waals surface area contributed by atoms with Crippen molar-refractivity contribution in [2.75, 3.05) is 0 Å². The number of pyridine rings is 1. The first kappa shape index (κ1) is 9.78. The maximum absolute atomic E-state index is 5.81. The van der Waals surface area contributed by atoms with E-state index in [2.05, 4.69) is 26.9 Å². The van der Waals surface area contributed by atoms with Gasteiger partial charge >= 0.3 is 0 Å².